The summed E-state index contributed by atoms with van der Waals surface area (Å²) in [6, 6.07) is 3.29. The highest BCUT2D eigenvalue weighted by molar-refractivity contribution is 14.1. The summed E-state index contributed by atoms with van der Waals surface area (Å²) in [4.78, 5) is 20.9. The number of aromatic nitrogens is 3. The van der Waals surface area contributed by atoms with Crippen LogP contribution in [0.4, 0.5) is 0 Å². The molecule has 0 saturated carbocycles. The summed E-state index contributed by atoms with van der Waals surface area (Å²) in [6.07, 6.45) is 0.194. The molecule has 0 bridgehead atoms. The molecule has 3 heterocycles. The van der Waals surface area contributed by atoms with Crippen molar-refractivity contribution in [2.75, 3.05) is 20.3 Å². The highest BCUT2D eigenvalue weighted by Crippen LogP contribution is 2.28. The van der Waals surface area contributed by atoms with Gasteiger partial charge in [0.1, 0.15) is 16.5 Å². The first-order chi connectivity index (χ1) is 14.2. The Morgan fingerprint density at radius 3 is 2.87 bits per heavy atom. The molecule has 8 nitrogen and oxygen atoms in total. The van der Waals surface area contributed by atoms with Crippen molar-refractivity contribution in [2.24, 2.45) is 0 Å². The minimum absolute atomic E-state index is 0.227. The first-order valence-corrected chi connectivity index (χ1v) is 15.0. The third kappa shape index (κ3) is 6.06. The molecule has 1 aliphatic heterocycles. The molecular formula is C19H27ClIN3O5Si. The summed E-state index contributed by atoms with van der Waals surface area (Å²) in [5.41, 5.74) is 1.30. The third-order valence-electron chi connectivity index (χ3n) is 4.81. The van der Waals surface area contributed by atoms with E-state index < -0.39 is 20.1 Å². The molecule has 0 aromatic carbocycles. The third-order valence-corrected chi connectivity index (χ3v) is 7.94. The van der Waals surface area contributed by atoms with E-state index in [1.54, 1.807) is 0 Å². The number of methoxy groups -OCH3 is 1. The Morgan fingerprint density at radius 2 is 2.17 bits per heavy atom. The van der Waals surface area contributed by atoms with Crippen molar-refractivity contribution in [3.8, 4) is 6.01 Å². The number of pyridine rings is 1. The molecule has 1 aliphatic rings. The van der Waals surface area contributed by atoms with Gasteiger partial charge in [-0.25, -0.2) is 9.78 Å². The topological polar surface area (TPSA) is 84.7 Å². The maximum Gasteiger partial charge on any atom is 0.335 e. The predicted molar refractivity (Wildman–Crippen MR) is 125 cm³/mol. The zero-order chi connectivity index (χ0) is 21.9. The number of fused-ring (bicyclic) bond motifs is 1. The van der Waals surface area contributed by atoms with Gasteiger partial charge in [-0.3, -0.25) is 4.57 Å². The summed E-state index contributed by atoms with van der Waals surface area (Å²) >= 11 is 8.38. The van der Waals surface area contributed by atoms with Gasteiger partial charge in [-0.15, -0.1) is 0 Å². The number of rotatable bonds is 8. The van der Waals surface area contributed by atoms with E-state index >= 15 is 0 Å². The molecule has 0 aliphatic carbocycles. The molecule has 30 heavy (non-hydrogen) atoms. The van der Waals surface area contributed by atoms with Crippen molar-refractivity contribution in [3.05, 3.63) is 14.8 Å². The molecule has 1 fully saturated rings. The Balaban J connectivity index is 1.80. The zero-order valence-electron chi connectivity index (χ0n) is 17.6. The predicted octanol–water partition coefficient (Wildman–Crippen LogP) is 4.10. The van der Waals surface area contributed by atoms with E-state index in [9.17, 15) is 4.79 Å². The molecular weight excluding hydrogens is 541 g/mol. The first-order valence-electron chi connectivity index (χ1n) is 9.84. The van der Waals surface area contributed by atoms with E-state index in [2.05, 4.69) is 52.2 Å². The number of halogens is 2. The lowest BCUT2D eigenvalue weighted by atomic mass is 10.1. The lowest BCUT2D eigenvalue weighted by molar-refractivity contribution is -0.160. The summed E-state index contributed by atoms with van der Waals surface area (Å²) in [5, 5.41) is 0.551. The number of esters is 1. The van der Waals surface area contributed by atoms with Gasteiger partial charge in [0.2, 0.25) is 0 Å². The lowest BCUT2D eigenvalue weighted by Crippen LogP contribution is -2.38. The minimum Gasteiger partial charge on any atom is -0.467 e. The molecule has 11 heteroatoms. The van der Waals surface area contributed by atoms with E-state index in [1.807, 2.05) is 10.6 Å². The van der Waals surface area contributed by atoms with Crippen LogP contribution in [-0.4, -0.2) is 61.1 Å². The molecule has 1 saturated heterocycles. The molecule has 0 N–H and O–H groups in total. The van der Waals surface area contributed by atoms with Crippen LogP contribution in [0.15, 0.2) is 6.07 Å². The van der Waals surface area contributed by atoms with E-state index in [1.165, 1.54) is 7.11 Å². The van der Waals surface area contributed by atoms with Crippen LogP contribution in [0.1, 0.15) is 12.8 Å². The van der Waals surface area contributed by atoms with Crippen molar-refractivity contribution in [2.45, 2.75) is 57.5 Å². The summed E-state index contributed by atoms with van der Waals surface area (Å²) in [6.45, 7) is 8.31. The normalized spacial score (nSPS) is 19.8. The highest BCUT2D eigenvalue weighted by atomic mass is 127. The van der Waals surface area contributed by atoms with Gasteiger partial charge in [-0.05, 0) is 34.7 Å². The van der Waals surface area contributed by atoms with Crippen LogP contribution in [0.2, 0.25) is 30.7 Å². The van der Waals surface area contributed by atoms with Crippen molar-refractivity contribution >= 4 is 59.4 Å². The zero-order valence-corrected chi connectivity index (χ0v) is 21.5. The quantitative estimate of drug-likeness (QED) is 0.156. The van der Waals surface area contributed by atoms with Crippen LogP contribution in [0.5, 0.6) is 6.01 Å². The Hall–Kier alpha value is -0.953. The second kappa shape index (κ2) is 10.1. The van der Waals surface area contributed by atoms with Gasteiger partial charge in [0.15, 0.2) is 11.8 Å². The monoisotopic (exact) mass is 567 g/mol. The van der Waals surface area contributed by atoms with Gasteiger partial charge in [0, 0.05) is 27.5 Å². The van der Waals surface area contributed by atoms with Crippen molar-refractivity contribution in [3.63, 3.8) is 0 Å². The number of nitrogens with zero attached hydrogens (tertiary/aromatic N) is 3. The van der Waals surface area contributed by atoms with Crippen LogP contribution in [-0.2, 0) is 25.7 Å². The van der Waals surface area contributed by atoms with E-state index in [-0.39, 0.29) is 6.10 Å². The number of imidazole rings is 1. The maximum atomic E-state index is 11.8. The SMILES string of the molecule is COC(=O)[C@@H]1C[C@@H](Oc2nc3nc(I)c(Cl)cc3n2COCC[Si](C)(C)C)CCO1. The largest absolute Gasteiger partial charge is 0.467 e. The molecule has 2 aromatic heterocycles. The number of carbonyl (C=O) groups excluding carboxylic acids is 1. The van der Waals surface area contributed by atoms with E-state index in [0.29, 0.717) is 53.2 Å². The molecule has 166 valence electrons. The molecule has 2 aromatic rings. The molecule has 0 unspecified atom stereocenters. The van der Waals surface area contributed by atoms with Crippen LogP contribution in [0.3, 0.4) is 0 Å². The molecule has 0 amide bonds. The Bertz CT molecular complexity index is 904. The average Bonchev–Trinajstić information content (AvgIpc) is 3.00. The minimum atomic E-state index is -1.19. The Labute approximate surface area is 195 Å². The summed E-state index contributed by atoms with van der Waals surface area (Å²) < 4.78 is 24.9. The highest BCUT2D eigenvalue weighted by Gasteiger charge is 2.31. The molecule has 0 spiro atoms. The second-order valence-electron chi connectivity index (χ2n) is 8.42. The molecule has 0 radical (unpaired) electrons. The van der Waals surface area contributed by atoms with Crippen LogP contribution < -0.4 is 4.74 Å². The summed E-state index contributed by atoms with van der Waals surface area (Å²) in [7, 11) is 0.158. The Morgan fingerprint density at radius 1 is 1.40 bits per heavy atom. The standard InChI is InChI=1S/C19H27ClIN3O5Si/c1-26-18(25)15-9-12(5-6-28-15)29-19-23-17-14(10-13(20)16(21)22-17)24(19)11-27-7-8-30(2,3)4/h10,12,15H,5-9,11H2,1-4H3/t12-,15-/m0/s1. The van der Waals surface area contributed by atoms with Gasteiger partial charge in [-0.1, -0.05) is 31.2 Å². The molecule has 2 atom stereocenters. The van der Waals surface area contributed by atoms with Crippen LogP contribution in [0.25, 0.3) is 11.2 Å². The van der Waals surface area contributed by atoms with Crippen molar-refractivity contribution in [1.29, 1.82) is 0 Å². The fourth-order valence-corrected chi connectivity index (χ4v) is 4.34. The lowest BCUT2D eigenvalue weighted by Gasteiger charge is -2.28. The second-order valence-corrected chi connectivity index (χ2v) is 15.5. The average molecular weight is 568 g/mol. The van der Waals surface area contributed by atoms with Gasteiger partial charge >= 0.3 is 12.0 Å². The maximum absolute atomic E-state index is 11.8. The number of hydrogen-bond donors (Lipinski definition) is 0. The van der Waals surface area contributed by atoms with Crippen LogP contribution >= 0.6 is 34.2 Å². The smallest absolute Gasteiger partial charge is 0.335 e. The van der Waals surface area contributed by atoms with Crippen LogP contribution in [0, 0.1) is 3.70 Å². The fourth-order valence-electron chi connectivity index (χ4n) is 3.05. The number of ether oxygens (including phenoxy) is 4. The van der Waals surface area contributed by atoms with E-state index in [0.717, 1.165) is 11.6 Å². The van der Waals surface area contributed by atoms with E-state index in [4.69, 9.17) is 30.5 Å². The number of hydrogen-bond acceptors (Lipinski definition) is 7. The summed E-state index contributed by atoms with van der Waals surface area (Å²) in [5.74, 6) is -0.394. The molecule has 3 rings (SSSR count). The van der Waals surface area contributed by atoms with Crippen molar-refractivity contribution < 1.29 is 23.7 Å². The van der Waals surface area contributed by atoms with Gasteiger partial charge in [0.05, 0.1) is 24.3 Å². The first kappa shape index (κ1) is 23.7. The van der Waals surface area contributed by atoms with Gasteiger partial charge in [0.25, 0.3) is 0 Å². The fraction of sp³-hybridized carbons (Fsp3) is 0.632. The van der Waals surface area contributed by atoms with Gasteiger partial charge < -0.3 is 18.9 Å². The number of carbonyl (C=O) groups is 1. The Kier molecular flexibility index (Phi) is 7.99. The van der Waals surface area contributed by atoms with Crippen molar-refractivity contribution in [1.82, 2.24) is 14.5 Å². The van der Waals surface area contributed by atoms with Gasteiger partial charge in [-0.2, -0.15) is 4.98 Å².